The molecule has 0 unspecified atom stereocenters. The van der Waals surface area contributed by atoms with E-state index in [0.717, 1.165) is 5.56 Å². The molecule has 104 valence electrons. The number of para-hydroxylation sites is 1. The van der Waals surface area contributed by atoms with Crippen LogP contribution < -0.4 is 10.6 Å². The molecule has 0 bridgehead atoms. The molecule has 0 saturated carbocycles. The topological polar surface area (TPSA) is 41.1 Å². The second kappa shape index (κ2) is 7.03. The fourth-order valence-electron chi connectivity index (χ4n) is 1.71. The Morgan fingerprint density at radius 1 is 1.10 bits per heavy atom. The highest BCUT2D eigenvalue weighted by Gasteiger charge is 2.06. The molecular weight excluding hydrogens is 279 g/mol. The monoisotopic (exact) mass is 292 g/mol. The van der Waals surface area contributed by atoms with Gasteiger partial charge in [0.05, 0.1) is 12.2 Å². The van der Waals surface area contributed by atoms with Crippen LogP contribution in [0.25, 0.3) is 0 Å². The Bertz CT molecular complexity index is 604. The molecule has 0 aliphatic carbocycles. The van der Waals surface area contributed by atoms with Crippen LogP contribution in [0.3, 0.4) is 0 Å². The molecule has 0 aliphatic rings. The highest BCUT2D eigenvalue weighted by atomic mass is 35.5. The van der Waals surface area contributed by atoms with Crippen LogP contribution in [0.4, 0.5) is 10.1 Å². The van der Waals surface area contributed by atoms with Crippen LogP contribution in [0.15, 0.2) is 48.5 Å². The molecule has 5 heteroatoms. The van der Waals surface area contributed by atoms with Crippen molar-refractivity contribution in [3.05, 3.63) is 64.9 Å². The highest BCUT2D eigenvalue weighted by Crippen LogP contribution is 2.14. The zero-order valence-corrected chi connectivity index (χ0v) is 11.5. The lowest BCUT2D eigenvalue weighted by Gasteiger charge is -2.08. The molecule has 20 heavy (non-hydrogen) atoms. The van der Waals surface area contributed by atoms with Gasteiger partial charge in [-0.2, -0.15) is 0 Å². The minimum atomic E-state index is -0.452. The number of carbonyl (C=O) groups excluding carboxylic acids is 1. The number of hydrogen-bond donors (Lipinski definition) is 2. The van der Waals surface area contributed by atoms with Gasteiger partial charge in [0, 0.05) is 11.6 Å². The third kappa shape index (κ3) is 4.05. The van der Waals surface area contributed by atoms with Gasteiger partial charge in [0.1, 0.15) is 5.82 Å². The first kappa shape index (κ1) is 14.5. The Balaban J connectivity index is 1.82. The van der Waals surface area contributed by atoms with E-state index in [2.05, 4.69) is 10.6 Å². The van der Waals surface area contributed by atoms with Gasteiger partial charge in [-0.1, -0.05) is 41.9 Å². The first-order chi connectivity index (χ1) is 9.66. The average molecular weight is 293 g/mol. The molecule has 2 aromatic carbocycles. The molecule has 3 nitrogen and oxygen atoms in total. The van der Waals surface area contributed by atoms with Crippen molar-refractivity contribution < 1.29 is 9.18 Å². The van der Waals surface area contributed by atoms with E-state index >= 15 is 0 Å². The van der Waals surface area contributed by atoms with Gasteiger partial charge in [0.25, 0.3) is 0 Å². The third-order valence-corrected chi connectivity index (χ3v) is 3.08. The first-order valence-corrected chi connectivity index (χ1v) is 6.53. The lowest BCUT2D eigenvalue weighted by molar-refractivity contribution is -0.115. The summed E-state index contributed by atoms with van der Waals surface area (Å²) in [5.74, 6) is -0.755. The Hall–Kier alpha value is -1.91. The molecule has 0 radical (unpaired) electrons. The molecule has 0 spiro atoms. The Morgan fingerprint density at radius 2 is 1.80 bits per heavy atom. The normalized spacial score (nSPS) is 10.3. The van der Waals surface area contributed by atoms with Crippen molar-refractivity contribution in [3.8, 4) is 0 Å². The van der Waals surface area contributed by atoms with Crippen molar-refractivity contribution >= 4 is 23.2 Å². The number of rotatable bonds is 5. The number of carbonyl (C=O) groups is 1. The van der Waals surface area contributed by atoms with Crippen LogP contribution in [-0.4, -0.2) is 12.5 Å². The molecule has 2 aromatic rings. The molecule has 0 aromatic heterocycles. The first-order valence-electron chi connectivity index (χ1n) is 6.15. The number of hydrogen-bond acceptors (Lipinski definition) is 2. The number of nitrogens with one attached hydrogen (secondary N) is 2. The zero-order chi connectivity index (χ0) is 14.4. The van der Waals surface area contributed by atoms with Gasteiger partial charge in [-0.3, -0.25) is 4.79 Å². The molecule has 2 N–H and O–H groups in total. The lowest BCUT2D eigenvalue weighted by atomic mass is 10.2. The second-order valence-corrected chi connectivity index (χ2v) is 4.63. The van der Waals surface area contributed by atoms with Crippen LogP contribution in [0.1, 0.15) is 5.56 Å². The molecule has 2 rings (SSSR count). The van der Waals surface area contributed by atoms with Gasteiger partial charge in [-0.25, -0.2) is 4.39 Å². The summed E-state index contributed by atoms with van der Waals surface area (Å²) in [6.45, 7) is 0.559. The smallest absolute Gasteiger partial charge is 0.238 e. The maximum absolute atomic E-state index is 13.3. The van der Waals surface area contributed by atoms with Crippen molar-refractivity contribution in [1.82, 2.24) is 5.32 Å². The van der Waals surface area contributed by atoms with E-state index < -0.39 is 5.82 Å². The summed E-state index contributed by atoms with van der Waals surface area (Å²) in [6, 6.07) is 13.4. The SMILES string of the molecule is O=C(CNCc1ccccc1Cl)Nc1ccccc1F. The van der Waals surface area contributed by atoms with Crippen LogP contribution in [-0.2, 0) is 11.3 Å². The lowest BCUT2D eigenvalue weighted by Crippen LogP contribution is -2.28. The average Bonchev–Trinajstić information content (AvgIpc) is 2.43. The largest absolute Gasteiger partial charge is 0.322 e. The Morgan fingerprint density at radius 3 is 2.55 bits per heavy atom. The summed E-state index contributed by atoms with van der Waals surface area (Å²) in [5.41, 5.74) is 1.09. The van der Waals surface area contributed by atoms with Crippen LogP contribution in [0, 0.1) is 5.82 Å². The Kier molecular flexibility index (Phi) is 5.09. The summed E-state index contributed by atoms with van der Waals surface area (Å²) in [6.07, 6.45) is 0. The summed E-state index contributed by atoms with van der Waals surface area (Å²) in [7, 11) is 0. The van der Waals surface area contributed by atoms with E-state index in [1.807, 2.05) is 18.2 Å². The summed E-state index contributed by atoms with van der Waals surface area (Å²) in [4.78, 5) is 11.7. The minimum absolute atomic E-state index is 0.0829. The van der Waals surface area contributed by atoms with Crippen molar-refractivity contribution in [3.63, 3.8) is 0 Å². The van der Waals surface area contributed by atoms with Crippen LogP contribution >= 0.6 is 11.6 Å². The number of amides is 1. The molecule has 0 aliphatic heterocycles. The van der Waals surface area contributed by atoms with Gasteiger partial charge in [0.15, 0.2) is 0 Å². The minimum Gasteiger partial charge on any atom is -0.322 e. The standard InChI is InChI=1S/C15H14ClFN2O/c16-12-6-2-1-5-11(12)9-18-10-15(20)19-14-8-4-3-7-13(14)17/h1-8,18H,9-10H2,(H,19,20). The van der Waals surface area contributed by atoms with Crippen molar-refractivity contribution in [2.75, 3.05) is 11.9 Å². The summed E-state index contributed by atoms with van der Waals surface area (Å²) < 4.78 is 13.3. The van der Waals surface area contributed by atoms with E-state index in [4.69, 9.17) is 11.6 Å². The van der Waals surface area contributed by atoms with Crippen molar-refractivity contribution in [1.29, 1.82) is 0 Å². The number of anilines is 1. The van der Waals surface area contributed by atoms with E-state index in [1.54, 1.807) is 18.2 Å². The predicted molar refractivity (Wildman–Crippen MR) is 78.2 cm³/mol. The van der Waals surface area contributed by atoms with E-state index in [9.17, 15) is 9.18 Å². The maximum Gasteiger partial charge on any atom is 0.238 e. The molecule has 0 saturated heterocycles. The molecule has 0 heterocycles. The summed E-state index contributed by atoms with van der Waals surface area (Å²) >= 11 is 6.00. The molecule has 1 amide bonds. The van der Waals surface area contributed by atoms with E-state index in [0.29, 0.717) is 11.6 Å². The van der Waals surface area contributed by atoms with E-state index in [-0.39, 0.29) is 18.1 Å². The van der Waals surface area contributed by atoms with Crippen molar-refractivity contribution in [2.24, 2.45) is 0 Å². The quantitative estimate of drug-likeness (QED) is 0.888. The second-order valence-electron chi connectivity index (χ2n) is 4.22. The third-order valence-electron chi connectivity index (χ3n) is 2.71. The van der Waals surface area contributed by atoms with Gasteiger partial charge >= 0.3 is 0 Å². The highest BCUT2D eigenvalue weighted by molar-refractivity contribution is 6.31. The number of halogens is 2. The van der Waals surface area contributed by atoms with Gasteiger partial charge < -0.3 is 10.6 Å². The maximum atomic E-state index is 13.3. The molecular formula is C15H14ClFN2O. The van der Waals surface area contributed by atoms with Crippen molar-refractivity contribution in [2.45, 2.75) is 6.54 Å². The van der Waals surface area contributed by atoms with Gasteiger partial charge in [-0.05, 0) is 23.8 Å². The Labute approximate surface area is 121 Å². The fourth-order valence-corrected chi connectivity index (χ4v) is 1.91. The van der Waals surface area contributed by atoms with Gasteiger partial charge in [0.2, 0.25) is 5.91 Å². The van der Waals surface area contributed by atoms with E-state index in [1.165, 1.54) is 12.1 Å². The molecule has 0 fully saturated rings. The number of benzene rings is 2. The fraction of sp³-hybridized carbons (Fsp3) is 0.133. The zero-order valence-electron chi connectivity index (χ0n) is 10.7. The van der Waals surface area contributed by atoms with Gasteiger partial charge in [-0.15, -0.1) is 0 Å². The summed E-state index contributed by atoms with van der Waals surface area (Å²) in [5, 5.41) is 6.11. The van der Waals surface area contributed by atoms with Crippen LogP contribution in [0.2, 0.25) is 5.02 Å². The predicted octanol–water partition coefficient (Wildman–Crippen LogP) is 3.21. The molecule has 0 atom stereocenters. The van der Waals surface area contributed by atoms with Crippen LogP contribution in [0.5, 0.6) is 0 Å².